The summed E-state index contributed by atoms with van der Waals surface area (Å²) in [5.74, 6) is 0. The van der Waals surface area contributed by atoms with Crippen molar-refractivity contribution in [3.63, 3.8) is 0 Å². The van der Waals surface area contributed by atoms with Crippen LogP contribution in [0.15, 0.2) is 103 Å². The van der Waals surface area contributed by atoms with Crippen molar-refractivity contribution >= 4 is 40.5 Å². The second-order valence-electron chi connectivity index (χ2n) is 7.83. The molecule has 0 saturated carbocycles. The third-order valence-corrected chi connectivity index (χ3v) is 11.3. The summed E-state index contributed by atoms with van der Waals surface area (Å²) >= 11 is -1.25. The maximum absolute atomic E-state index is 2.40. The van der Waals surface area contributed by atoms with Gasteiger partial charge in [0.1, 0.15) is 0 Å². The molecular formula is C28H21As. The number of benzene rings is 5. The predicted molar refractivity (Wildman–Crippen MR) is 126 cm³/mol. The molecule has 0 saturated heterocycles. The molecule has 6 rings (SSSR count). The summed E-state index contributed by atoms with van der Waals surface area (Å²) in [6.07, 6.45) is 0. The number of fused-ring (bicyclic) bond motifs is 7. The number of rotatable bonds is 1. The third kappa shape index (κ3) is 2.83. The van der Waals surface area contributed by atoms with Gasteiger partial charge in [0.2, 0.25) is 0 Å². The van der Waals surface area contributed by atoms with E-state index in [-0.39, 0.29) is 0 Å². The molecule has 0 aromatic heterocycles. The molecule has 1 aliphatic heterocycles. The van der Waals surface area contributed by atoms with Crippen LogP contribution in [0.5, 0.6) is 0 Å². The van der Waals surface area contributed by atoms with E-state index in [1.165, 1.54) is 54.2 Å². The molecule has 0 radical (unpaired) electrons. The van der Waals surface area contributed by atoms with Crippen LogP contribution < -0.4 is 4.35 Å². The van der Waals surface area contributed by atoms with Gasteiger partial charge in [-0.2, -0.15) is 0 Å². The second kappa shape index (κ2) is 6.90. The van der Waals surface area contributed by atoms with E-state index in [9.17, 15) is 0 Å². The van der Waals surface area contributed by atoms with Gasteiger partial charge in [0, 0.05) is 0 Å². The van der Waals surface area contributed by atoms with E-state index in [1.807, 2.05) is 0 Å². The Kier molecular flexibility index (Phi) is 4.06. The van der Waals surface area contributed by atoms with Crippen LogP contribution in [0.2, 0.25) is 0 Å². The van der Waals surface area contributed by atoms with Gasteiger partial charge in [0.05, 0.1) is 0 Å². The molecule has 0 fully saturated rings. The molecule has 138 valence electrons. The fourth-order valence-corrected chi connectivity index (χ4v) is 9.85. The fraction of sp³-hybridized carbons (Fsp3) is 0.0714. The van der Waals surface area contributed by atoms with Gasteiger partial charge in [-0.1, -0.05) is 0 Å². The van der Waals surface area contributed by atoms with Gasteiger partial charge < -0.3 is 0 Å². The quantitative estimate of drug-likeness (QED) is 0.275. The van der Waals surface area contributed by atoms with Crippen molar-refractivity contribution in [3.8, 4) is 11.1 Å². The third-order valence-electron chi connectivity index (χ3n) is 6.12. The normalized spacial score (nSPS) is 13.8. The summed E-state index contributed by atoms with van der Waals surface area (Å²) in [7, 11) is 0. The molecule has 1 heterocycles. The Labute approximate surface area is 176 Å². The van der Waals surface area contributed by atoms with Gasteiger partial charge in [-0.25, -0.2) is 0 Å². The Morgan fingerprint density at radius 3 is 1.48 bits per heavy atom. The molecule has 0 atom stereocenters. The molecular weight excluding hydrogens is 411 g/mol. The summed E-state index contributed by atoms with van der Waals surface area (Å²) in [6.45, 7) is 0. The van der Waals surface area contributed by atoms with Crippen LogP contribution in [0.25, 0.3) is 32.7 Å². The van der Waals surface area contributed by atoms with Crippen LogP contribution in [0.4, 0.5) is 0 Å². The summed E-state index contributed by atoms with van der Waals surface area (Å²) in [4.78, 5) is 0. The average Bonchev–Trinajstić information content (AvgIpc) is 2.97. The molecule has 0 aliphatic carbocycles. The maximum atomic E-state index is 2.40. The van der Waals surface area contributed by atoms with Gasteiger partial charge in [-0.15, -0.1) is 0 Å². The van der Waals surface area contributed by atoms with Gasteiger partial charge >= 0.3 is 176 Å². The topological polar surface area (TPSA) is 0 Å². The van der Waals surface area contributed by atoms with Gasteiger partial charge in [0.15, 0.2) is 0 Å². The van der Waals surface area contributed by atoms with Crippen LogP contribution in [0.1, 0.15) is 11.1 Å². The number of hydrogen-bond donors (Lipinski definition) is 0. The molecule has 0 spiro atoms. The molecule has 0 N–H and O–H groups in total. The fourth-order valence-electron chi connectivity index (χ4n) is 4.78. The summed E-state index contributed by atoms with van der Waals surface area (Å²) in [6, 6.07) is 38.5. The Balaban J connectivity index is 1.72. The van der Waals surface area contributed by atoms with Crippen LogP contribution in [-0.4, -0.2) is 14.7 Å². The SMILES string of the molecule is c1ccc([As]2Cc3ccc4ccccc4c3-c3c(ccc4ccccc34)C2)cc1. The van der Waals surface area contributed by atoms with E-state index in [1.54, 1.807) is 4.35 Å². The Hall–Kier alpha value is -2.82. The predicted octanol–water partition coefficient (Wildman–Crippen LogP) is 6.24. The van der Waals surface area contributed by atoms with Gasteiger partial charge in [0.25, 0.3) is 0 Å². The standard InChI is InChI=1S/C28H21As/c1-2-10-24(11-3-1)29-18-22-16-14-20-8-4-6-12-25(20)27(22)28-23(19-29)17-15-21-9-5-7-13-26(21)28/h1-17H,18-19H2. The van der Waals surface area contributed by atoms with Crippen molar-refractivity contribution in [3.05, 3.63) is 114 Å². The Morgan fingerprint density at radius 2 is 0.931 bits per heavy atom. The Morgan fingerprint density at radius 1 is 0.448 bits per heavy atom. The zero-order valence-corrected chi connectivity index (χ0v) is 18.1. The molecule has 5 aromatic rings. The van der Waals surface area contributed by atoms with Crippen molar-refractivity contribution < 1.29 is 0 Å². The van der Waals surface area contributed by atoms with Gasteiger partial charge in [-0.3, -0.25) is 0 Å². The molecule has 0 amide bonds. The van der Waals surface area contributed by atoms with E-state index in [0.29, 0.717) is 0 Å². The van der Waals surface area contributed by atoms with Crippen molar-refractivity contribution in [2.75, 3.05) is 0 Å². The molecule has 5 aromatic carbocycles. The first-order valence-electron chi connectivity index (χ1n) is 10.2. The van der Waals surface area contributed by atoms with Crippen LogP contribution >= 0.6 is 0 Å². The molecule has 1 aliphatic rings. The summed E-state index contributed by atoms with van der Waals surface area (Å²) < 4.78 is 1.58. The molecule has 0 unspecified atom stereocenters. The van der Waals surface area contributed by atoms with E-state index >= 15 is 0 Å². The minimum atomic E-state index is -1.25. The first-order valence-corrected chi connectivity index (χ1v) is 13.8. The zero-order valence-electron chi connectivity index (χ0n) is 16.2. The average molecular weight is 432 g/mol. The van der Waals surface area contributed by atoms with Crippen LogP contribution in [0, 0.1) is 0 Å². The minimum absolute atomic E-state index is 1.22. The zero-order chi connectivity index (χ0) is 19.2. The van der Waals surface area contributed by atoms with Crippen molar-refractivity contribution in [1.29, 1.82) is 0 Å². The molecule has 1 heteroatoms. The Bertz CT molecular complexity index is 1260. The summed E-state index contributed by atoms with van der Waals surface area (Å²) in [5.41, 5.74) is 6.01. The van der Waals surface area contributed by atoms with Crippen molar-refractivity contribution in [1.82, 2.24) is 0 Å². The van der Waals surface area contributed by atoms with Crippen molar-refractivity contribution in [2.45, 2.75) is 10.4 Å². The van der Waals surface area contributed by atoms with E-state index in [0.717, 1.165) is 0 Å². The van der Waals surface area contributed by atoms with E-state index in [2.05, 4.69) is 103 Å². The van der Waals surface area contributed by atoms with Crippen LogP contribution in [-0.2, 0) is 10.4 Å². The first-order chi connectivity index (χ1) is 14.4. The van der Waals surface area contributed by atoms with Gasteiger partial charge in [-0.05, 0) is 0 Å². The van der Waals surface area contributed by atoms with E-state index in [4.69, 9.17) is 0 Å². The summed E-state index contributed by atoms with van der Waals surface area (Å²) in [5, 5.41) is 7.91. The monoisotopic (exact) mass is 432 g/mol. The van der Waals surface area contributed by atoms with Crippen molar-refractivity contribution in [2.24, 2.45) is 0 Å². The second-order valence-corrected chi connectivity index (χ2v) is 12.5. The number of hydrogen-bond acceptors (Lipinski definition) is 0. The molecule has 29 heavy (non-hydrogen) atoms. The molecule has 0 nitrogen and oxygen atoms in total. The van der Waals surface area contributed by atoms with E-state index < -0.39 is 14.7 Å². The van der Waals surface area contributed by atoms with Crippen LogP contribution in [0.3, 0.4) is 0 Å². The first kappa shape index (κ1) is 17.1. The molecule has 0 bridgehead atoms.